The van der Waals surface area contributed by atoms with E-state index in [-0.39, 0.29) is 17.4 Å². The van der Waals surface area contributed by atoms with Crippen LogP contribution in [-0.4, -0.2) is 21.7 Å². The van der Waals surface area contributed by atoms with Crippen LogP contribution in [0.1, 0.15) is 44.7 Å². The summed E-state index contributed by atoms with van der Waals surface area (Å²) in [7, 11) is 0. The molecule has 3 rings (SSSR count). The van der Waals surface area contributed by atoms with Crippen molar-refractivity contribution in [2.24, 2.45) is 0 Å². The molecule has 0 fully saturated rings. The number of anilines is 2. The molecule has 28 heavy (non-hydrogen) atoms. The molecule has 0 aliphatic rings. The van der Waals surface area contributed by atoms with Crippen LogP contribution < -0.4 is 10.6 Å². The number of carbonyl (C=O) groups is 2. The summed E-state index contributed by atoms with van der Waals surface area (Å²) >= 11 is 0. The van der Waals surface area contributed by atoms with Crippen LogP contribution in [0.5, 0.6) is 0 Å². The number of benzene rings is 2. The summed E-state index contributed by atoms with van der Waals surface area (Å²) in [6, 6.07) is 16.6. The van der Waals surface area contributed by atoms with Gasteiger partial charge in [-0.3, -0.25) is 9.59 Å². The van der Waals surface area contributed by atoms with Gasteiger partial charge in [-0.1, -0.05) is 42.0 Å². The van der Waals surface area contributed by atoms with E-state index in [1.807, 2.05) is 25.1 Å². The maximum absolute atomic E-state index is 12.6. The summed E-state index contributed by atoms with van der Waals surface area (Å²) in [5.74, 6) is 0.662. The van der Waals surface area contributed by atoms with Crippen LogP contribution in [0, 0.1) is 13.8 Å². The molecular weight excluding hydrogens is 352 g/mol. The molecule has 0 aliphatic heterocycles. The minimum atomic E-state index is -0.357. The maximum atomic E-state index is 12.6. The Bertz CT molecular complexity index is 1030. The fourth-order valence-corrected chi connectivity index (χ4v) is 2.80. The second kappa shape index (κ2) is 8.43. The second-order valence-electron chi connectivity index (χ2n) is 6.62. The Kier molecular flexibility index (Phi) is 5.79. The fraction of sp³-hybridized carbons (Fsp3) is 0.182. The van der Waals surface area contributed by atoms with Crippen molar-refractivity contribution in [3.63, 3.8) is 0 Å². The molecule has 1 aromatic heterocycles. The van der Waals surface area contributed by atoms with Gasteiger partial charge in [-0.2, -0.15) is 0 Å². The number of Topliss-reactive ketones (excluding diaryl/α,β-unsaturated/α-hetero) is 1. The highest BCUT2D eigenvalue weighted by molar-refractivity contribution is 6.04. The Balaban J connectivity index is 1.74. The summed E-state index contributed by atoms with van der Waals surface area (Å²) in [6.07, 6.45) is 0. The van der Waals surface area contributed by atoms with E-state index in [1.165, 1.54) is 12.5 Å². The minimum Gasteiger partial charge on any atom is -0.366 e. The van der Waals surface area contributed by atoms with Crippen molar-refractivity contribution in [3.05, 3.63) is 82.8 Å². The second-order valence-corrected chi connectivity index (χ2v) is 6.62. The monoisotopic (exact) mass is 374 g/mol. The highest BCUT2D eigenvalue weighted by Gasteiger charge is 2.12. The molecule has 6 nitrogen and oxygen atoms in total. The zero-order valence-electron chi connectivity index (χ0n) is 16.1. The standard InChI is InChI=1S/C22H22N4O2/c1-14-6-4-7-17(10-14)13-23-21-12-20(24-16(3)25-21)22(28)26-19-9-5-8-18(11-19)15(2)27/h4-12H,13H2,1-3H3,(H,26,28)(H,23,24,25). The van der Waals surface area contributed by atoms with Gasteiger partial charge in [0.15, 0.2) is 5.78 Å². The molecule has 0 aliphatic carbocycles. The van der Waals surface area contributed by atoms with Gasteiger partial charge in [-0.15, -0.1) is 0 Å². The Labute approximate surface area is 164 Å². The van der Waals surface area contributed by atoms with Crippen LogP contribution in [0.3, 0.4) is 0 Å². The quantitative estimate of drug-likeness (QED) is 0.633. The number of hydrogen-bond donors (Lipinski definition) is 2. The molecule has 3 aromatic rings. The number of nitrogens with zero attached hydrogens (tertiary/aromatic N) is 2. The number of nitrogens with one attached hydrogen (secondary N) is 2. The number of hydrogen-bond acceptors (Lipinski definition) is 5. The first-order valence-electron chi connectivity index (χ1n) is 8.98. The molecule has 2 aromatic carbocycles. The number of amides is 1. The van der Waals surface area contributed by atoms with Crippen molar-refractivity contribution in [1.82, 2.24) is 9.97 Å². The number of aryl methyl sites for hydroxylation is 2. The largest absolute Gasteiger partial charge is 0.366 e. The number of rotatable bonds is 6. The summed E-state index contributed by atoms with van der Waals surface area (Å²) in [4.78, 5) is 32.7. The normalized spacial score (nSPS) is 10.4. The van der Waals surface area contributed by atoms with E-state index < -0.39 is 0 Å². The minimum absolute atomic E-state index is 0.0587. The Morgan fingerprint density at radius 1 is 0.964 bits per heavy atom. The van der Waals surface area contributed by atoms with Gasteiger partial charge < -0.3 is 10.6 Å². The summed E-state index contributed by atoms with van der Waals surface area (Å²) in [6.45, 7) is 5.87. The third-order valence-corrected chi connectivity index (χ3v) is 4.15. The predicted molar refractivity (Wildman–Crippen MR) is 110 cm³/mol. The first-order valence-corrected chi connectivity index (χ1v) is 8.98. The number of aromatic nitrogens is 2. The lowest BCUT2D eigenvalue weighted by molar-refractivity contribution is 0.100. The van der Waals surface area contributed by atoms with Crippen LogP contribution in [0.15, 0.2) is 54.6 Å². The summed E-state index contributed by atoms with van der Waals surface area (Å²) in [5.41, 5.74) is 3.65. The van der Waals surface area contributed by atoms with E-state index in [0.29, 0.717) is 29.4 Å². The van der Waals surface area contributed by atoms with Crippen molar-refractivity contribution in [2.45, 2.75) is 27.3 Å². The molecule has 0 saturated heterocycles. The highest BCUT2D eigenvalue weighted by Crippen LogP contribution is 2.14. The van der Waals surface area contributed by atoms with Gasteiger partial charge in [0.1, 0.15) is 17.3 Å². The molecule has 0 saturated carbocycles. The third kappa shape index (κ3) is 5.01. The topological polar surface area (TPSA) is 84.0 Å². The average Bonchev–Trinajstić information content (AvgIpc) is 2.66. The molecule has 6 heteroatoms. The van der Waals surface area contributed by atoms with Crippen molar-refractivity contribution < 1.29 is 9.59 Å². The molecular formula is C22H22N4O2. The summed E-state index contributed by atoms with van der Waals surface area (Å²) < 4.78 is 0. The van der Waals surface area contributed by atoms with Gasteiger partial charge in [0.25, 0.3) is 5.91 Å². The van der Waals surface area contributed by atoms with Crippen LogP contribution in [0.4, 0.5) is 11.5 Å². The summed E-state index contributed by atoms with van der Waals surface area (Å²) in [5, 5.41) is 6.02. The van der Waals surface area contributed by atoms with E-state index in [2.05, 4.69) is 26.7 Å². The van der Waals surface area contributed by atoms with E-state index in [4.69, 9.17) is 0 Å². The third-order valence-electron chi connectivity index (χ3n) is 4.15. The van der Waals surface area contributed by atoms with Crippen LogP contribution in [0.25, 0.3) is 0 Å². The zero-order valence-corrected chi connectivity index (χ0v) is 16.1. The Morgan fingerprint density at radius 2 is 1.75 bits per heavy atom. The molecule has 0 bridgehead atoms. The number of carbonyl (C=O) groups excluding carboxylic acids is 2. The smallest absolute Gasteiger partial charge is 0.274 e. The lowest BCUT2D eigenvalue weighted by atomic mass is 10.1. The van der Waals surface area contributed by atoms with Crippen LogP contribution in [0.2, 0.25) is 0 Å². The Morgan fingerprint density at radius 3 is 2.50 bits per heavy atom. The van der Waals surface area contributed by atoms with E-state index in [1.54, 1.807) is 37.3 Å². The van der Waals surface area contributed by atoms with Crippen molar-refractivity contribution >= 4 is 23.2 Å². The van der Waals surface area contributed by atoms with Gasteiger partial charge in [-0.05, 0) is 38.5 Å². The zero-order chi connectivity index (χ0) is 20.1. The van der Waals surface area contributed by atoms with Crippen LogP contribution in [-0.2, 0) is 6.54 Å². The molecule has 2 N–H and O–H groups in total. The van der Waals surface area contributed by atoms with Gasteiger partial charge in [0, 0.05) is 23.9 Å². The molecule has 1 amide bonds. The predicted octanol–water partition coefficient (Wildman–Crippen LogP) is 4.16. The molecule has 0 spiro atoms. The fourth-order valence-electron chi connectivity index (χ4n) is 2.80. The molecule has 1 heterocycles. The molecule has 0 unspecified atom stereocenters. The van der Waals surface area contributed by atoms with Crippen molar-refractivity contribution in [3.8, 4) is 0 Å². The van der Waals surface area contributed by atoms with E-state index >= 15 is 0 Å². The molecule has 0 atom stereocenters. The maximum Gasteiger partial charge on any atom is 0.274 e. The van der Waals surface area contributed by atoms with E-state index in [9.17, 15) is 9.59 Å². The lowest BCUT2D eigenvalue weighted by Gasteiger charge is -2.10. The molecule has 0 radical (unpaired) electrons. The van der Waals surface area contributed by atoms with E-state index in [0.717, 1.165) is 5.56 Å². The lowest BCUT2D eigenvalue weighted by Crippen LogP contribution is -2.16. The molecule has 142 valence electrons. The highest BCUT2D eigenvalue weighted by atomic mass is 16.2. The number of ketones is 1. The van der Waals surface area contributed by atoms with Crippen molar-refractivity contribution in [1.29, 1.82) is 0 Å². The SMILES string of the molecule is CC(=O)c1cccc(NC(=O)c2cc(NCc3cccc(C)c3)nc(C)n2)c1. The average molecular weight is 374 g/mol. The first kappa shape index (κ1) is 19.2. The van der Waals surface area contributed by atoms with Gasteiger partial charge >= 0.3 is 0 Å². The van der Waals surface area contributed by atoms with Gasteiger partial charge in [-0.25, -0.2) is 9.97 Å². The van der Waals surface area contributed by atoms with Crippen LogP contribution >= 0.6 is 0 Å². The van der Waals surface area contributed by atoms with Gasteiger partial charge in [0.05, 0.1) is 0 Å². The first-order chi connectivity index (χ1) is 13.4. The van der Waals surface area contributed by atoms with Gasteiger partial charge in [0.2, 0.25) is 0 Å². The van der Waals surface area contributed by atoms with Crippen molar-refractivity contribution in [2.75, 3.05) is 10.6 Å². The Hall–Kier alpha value is -3.54.